The van der Waals surface area contributed by atoms with Crippen molar-refractivity contribution >= 4 is 29.0 Å². The Morgan fingerprint density at radius 3 is 3.00 bits per heavy atom. The largest absolute Gasteiger partial charge is 0.442 e. The first-order valence-corrected chi connectivity index (χ1v) is 10.3. The van der Waals surface area contributed by atoms with Crippen LogP contribution in [0.5, 0.6) is 0 Å². The molecule has 162 valence electrons. The van der Waals surface area contributed by atoms with E-state index in [0.29, 0.717) is 29.2 Å². The second kappa shape index (κ2) is 9.18. The second-order valence-corrected chi connectivity index (χ2v) is 8.04. The van der Waals surface area contributed by atoms with Gasteiger partial charge in [0.1, 0.15) is 16.9 Å². The van der Waals surface area contributed by atoms with Crippen LogP contribution >= 0.6 is 11.3 Å². The van der Waals surface area contributed by atoms with E-state index < -0.39 is 18.0 Å². The first kappa shape index (κ1) is 20.9. The normalized spacial score (nSPS) is 15.9. The van der Waals surface area contributed by atoms with Crippen molar-refractivity contribution in [2.75, 3.05) is 18.0 Å². The van der Waals surface area contributed by atoms with E-state index >= 15 is 0 Å². The molecule has 4 rings (SSSR count). The van der Waals surface area contributed by atoms with Gasteiger partial charge in [0.15, 0.2) is 0 Å². The lowest BCUT2D eigenvalue weighted by atomic mass is 10.1. The smallest absolute Gasteiger partial charge is 0.414 e. The SMILES string of the molecule is CC(=O)NC[C@H]1CN(c2ccc(-c3cnc(CNCc4cnn[nH]4)s3)c(F)c2)C(=O)O1. The summed E-state index contributed by atoms with van der Waals surface area (Å²) in [6.45, 7) is 2.94. The van der Waals surface area contributed by atoms with Crippen molar-refractivity contribution in [3.63, 3.8) is 0 Å². The zero-order valence-corrected chi connectivity index (χ0v) is 17.4. The van der Waals surface area contributed by atoms with Crippen molar-refractivity contribution in [2.45, 2.75) is 26.1 Å². The first-order valence-electron chi connectivity index (χ1n) is 9.52. The molecular formula is C19H20FN7O3S. The van der Waals surface area contributed by atoms with E-state index in [0.717, 1.165) is 10.7 Å². The van der Waals surface area contributed by atoms with Gasteiger partial charge >= 0.3 is 6.09 Å². The summed E-state index contributed by atoms with van der Waals surface area (Å²) in [4.78, 5) is 29.5. The number of amides is 2. The number of benzene rings is 1. The van der Waals surface area contributed by atoms with E-state index in [9.17, 15) is 14.0 Å². The molecule has 0 spiro atoms. The van der Waals surface area contributed by atoms with Crippen molar-refractivity contribution in [2.24, 2.45) is 0 Å². The van der Waals surface area contributed by atoms with Crippen molar-refractivity contribution in [3.05, 3.63) is 47.1 Å². The van der Waals surface area contributed by atoms with E-state index in [2.05, 4.69) is 31.0 Å². The molecule has 2 amide bonds. The Balaban J connectivity index is 1.39. The fourth-order valence-corrected chi connectivity index (χ4v) is 4.01. The number of halogens is 1. The van der Waals surface area contributed by atoms with Crippen molar-refractivity contribution < 1.29 is 18.7 Å². The van der Waals surface area contributed by atoms with E-state index in [4.69, 9.17) is 4.74 Å². The van der Waals surface area contributed by atoms with Gasteiger partial charge in [-0.15, -0.1) is 16.4 Å². The van der Waals surface area contributed by atoms with Crippen LogP contribution < -0.4 is 15.5 Å². The van der Waals surface area contributed by atoms with Gasteiger partial charge in [-0.05, 0) is 18.2 Å². The lowest BCUT2D eigenvalue weighted by molar-refractivity contribution is -0.119. The third-order valence-corrected chi connectivity index (χ3v) is 5.62. The van der Waals surface area contributed by atoms with Crippen LogP contribution in [0.3, 0.4) is 0 Å². The Bertz CT molecular complexity index is 1070. The predicted octanol–water partition coefficient (Wildman–Crippen LogP) is 1.82. The molecule has 1 aliphatic heterocycles. The molecule has 3 heterocycles. The van der Waals surface area contributed by atoms with E-state index in [1.54, 1.807) is 24.5 Å². The van der Waals surface area contributed by atoms with E-state index in [1.165, 1.54) is 29.2 Å². The molecule has 1 saturated heterocycles. The molecule has 10 nitrogen and oxygen atoms in total. The highest BCUT2D eigenvalue weighted by Crippen LogP contribution is 2.32. The number of aromatic amines is 1. The molecule has 0 bridgehead atoms. The summed E-state index contributed by atoms with van der Waals surface area (Å²) in [7, 11) is 0. The summed E-state index contributed by atoms with van der Waals surface area (Å²) < 4.78 is 20.0. The number of cyclic esters (lactones) is 1. The molecule has 3 N–H and O–H groups in total. The van der Waals surface area contributed by atoms with Crippen molar-refractivity contribution in [3.8, 4) is 10.4 Å². The monoisotopic (exact) mass is 445 g/mol. The van der Waals surface area contributed by atoms with Crippen molar-refractivity contribution in [1.82, 2.24) is 31.0 Å². The average Bonchev–Trinajstić information content (AvgIpc) is 3.48. The molecule has 2 aromatic heterocycles. The number of hydrogen-bond acceptors (Lipinski definition) is 8. The van der Waals surface area contributed by atoms with Gasteiger partial charge in [0.25, 0.3) is 0 Å². The van der Waals surface area contributed by atoms with Gasteiger partial charge in [-0.1, -0.05) is 5.21 Å². The first-order chi connectivity index (χ1) is 15.0. The van der Waals surface area contributed by atoms with Crippen LogP contribution in [0.25, 0.3) is 10.4 Å². The topological polar surface area (TPSA) is 125 Å². The number of anilines is 1. The average molecular weight is 445 g/mol. The number of hydrogen-bond donors (Lipinski definition) is 3. The van der Waals surface area contributed by atoms with Crippen LogP contribution in [0.15, 0.2) is 30.6 Å². The standard InChI is InChI=1S/C19H20FN7O3S/c1-11(28)22-7-14-10-27(19(29)30-14)13-2-3-15(16(20)4-13)17-8-23-18(31-17)9-21-5-12-6-24-26-25-12/h2-4,6,8,14,21H,5,7,9-10H2,1H3,(H,22,28)(H,24,25,26)/t14-/m0/s1. The summed E-state index contributed by atoms with van der Waals surface area (Å²) in [5.74, 6) is -0.662. The van der Waals surface area contributed by atoms with Crippen molar-refractivity contribution in [1.29, 1.82) is 0 Å². The maximum Gasteiger partial charge on any atom is 0.414 e. The Morgan fingerprint density at radius 2 is 2.26 bits per heavy atom. The van der Waals surface area contributed by atoms with Gasteiger partial charge in [0.05, 0.1) is 35.5 Å². The fourth-order valence-electron chi connectivity index (χ4n) is 3.09. The molecule has 0 unspecified atom stereocenters. The molecule has 1 aliphatic rings. The summed E-state index contributed by atoms with van der Waals surface area (Å²) in [6, 6.07) is 4.60. The number of thiazole rings is 1. The minimum absolute atomic E-state index is 0.206. The van der Waals surface area contributed by atoms with Gasteiger partial charge in [0.2, 0.25) is 5.91 Å². The molecule has 0 saturated carbocycles. The lowest BCUT2D eigenvalue weighted by Gasteiger charge is -2.14. The molecule has 0 radical (unpaired) electrons. The maximum absolute atomic E-state index is 14.8. The van der Waals surface area contributed by atoms with E-state index in [-0.39, 0.29) is 19.0 Å². The molecule has 1 aromatic carbocycles. The van der Waals surface area contributed by atoms with Crippen LogP contribution in [0.4, 0.5) is 14.9 Å². The van der Waals surface area contributed by atoms with Gasteiger partial charge in [0, 0.05) is 31.8 Å². The quantitative estimate of drug-likeness (QED) is 0.483. The number of carbonyl (C=O) groups excluding carboxylic acids is 2. The maximum atomic E-state index is 14.8. The Kier molecular flexibility index (Phi) is 6.18. The number of ether oxygens (including phenoxy) is 1. The van der Waals surface area contributed by atoms with Crippen LogP contribution in [0, 0.1) is 5.82 Å². The molecule has 31 heavy (non-hydrogen) atoms. The number of aromatic nitrogens is 4. The molecule has 0 aliphatic carbocycles. The highest BCUT2D eigenvalue weighted by molar-refractivity contribution is 7.15. The number of H-pyrrole nitrogens is 1. The van der Waals surface area contributed by atoms with Crippen LogP contribution in [0.2, 0.25) is 0 Å². The van der Waals surface area contributed by atoms with Gasteiger partial charge in [-0.3, -0.25) is 14.8 Å². The lowest BCUT2D eigenvalue weighted by Crippen LogP contribution is -2.33. The third-order valence-electron chi connectivity index (χ3n) is 4.59. The second-order valence-electron chi connectivity index (χ2n) is 6.92. The minimum Gasteiger partial charge on any atom is -0.442 e. The van der Waals surface area contributed by atoms with Gasteiger partial charge in [-0.2, -0.15) is 0 Å². The fraction of sp³-hybridized carbons (Fsp3) is 0.316. The molecule has 1 fully saturated rings. The summed E-state index contributed by atoms with van der Waals surface area (Å²) >= 11 is 1.39. The van der Waals surface area contributed by atoms with Crippen LogP contribution in [-0.4, -0.2) is 51.6 Å². The molecule has 1 atom stereocenters. The predicted molar refractivity (Wildman–Crippen MR) is 111 cm³/mol. The number of nitrogens with one attached hydrogen (secondary N) is 3. The highest BCUT2D eigenvalue weighted by atomic mass is 32.1. The van der Waals surface area contributed by atoms with Gasteiger partial charge < -0.3 is 15.4 Å². The Labute approximate surface area is 180 Å². The molecule has 3 aromatic rings. The van der Waals surface area contributed by atoms with Crippen LogP contribution in [-0.2, 0) is 22.6 Å². The highest BCUT2D eigenvalue weighted by Gasteiger charge is 2.32. The van der Waals surface area contributed by atoms with E-state index in [1.807, 2.05) is 0 Å². The zero-order chi connectivity index (χ0) is 21.8. The van der Waals surface area contributed by atoms with Gasteiger partial charge in [-0.25, -0.2) is 14.2 Å². The zero-order valence-electron chi connectivity index (χ0n) is 16.6. The summed E-state index contributed by atoms with van der Waals surface area (Å²) in [5.41, 5.74) is 1.67. The summed E-state index contributed by atoms with van der Waals surface area (Å²) in [6.07, 6.45) is 2.22. The molecule has 12 heteroatoms. The molecular weight excluding hydrogens is 425 g/mol. The number of carbonyl (C=O) groups is 2. The minimum atomic E-state index is -0.568. The Morgan fingerprint density at radius 1 is 1.39 bits per heavy atom. The Hall–Kier alpha value is -3.38. The number of nitrogens with zero attached hydrogens (tertiary/aromatic N) is 4. The third kappa shape index (κ3) is 5.03. The van der Waals surface area contributed by atoms with Crippen LogP contribution in [0.1, 0.15) is 17.6 Å². The summed E-state index contributed by atoms with van der Waals surface area (Å²) in [5, 5.41) is 16.8. The number of rotatable bonds is 8.